The second kappa shape index (κ2) is 5.58. The van der Waals surface area contributed by atoms with Crippen LogP contribution in [0.25, 0.3) is 21.7 Å². The summed E-state index contributed by atoms with van der Waals surface area (Å²) in [5.74, 6) is 0.0253. The number of nitrogens with zero attached hydrogens (tertiary/aromatic N) is 1. The highest BCUT2D eigenvalue weighted by atomic mass is 32.1. The van der Waals surface area contributed by atoms with Crippen LogP contribution in [-0.2, 0) is 0 Å². The number of halogens is 1. The van der Waals surface area contributed by atoms with Crippen LogP contribution >= 0.6 is 11.3 Å². The summed E-state index contributed by atoms with van der Waals surface area (Å²) in [7, 11) is 0. The number of rotatable bonds is 2. The van der Waals surface area contributed by atoms with Crippen molar-refractivity contribution in [2.75, 3.05) is 5.73 Å². The summed E-state index contributed by atoms with van der Waals surface area (Å²) in [5, 5.41) is 11.4. The Kier molecular flexibility index (Phi) is 3.61. The first-order valence-corrected chi connectivity index (χ1v) is 7.55. The number of anilines is 1. The second-order valence-electron chi connectivity index (χ2n) is 4.88. The molecule has 0 aliphatic carbocycles. The van der Waals surface area contributed by atoms with Crippen molar-refractivity contribution in [2.24, 2.45) is 0 Å². The Morgan fingerprint density at radius 3 is 2.55 bits per heavy atom. The van der Waals surface area contributed by atoms with Crippen LogP contribution < -0.4 is 10.7 Å². The van der Waals surface area contributed by atoms with Crippen molar-refractivity contribution in [1.82, 2.24) is 0 Å². The van der Waals surface area contributed by atoms with E-state index in [4.69, 9.17) is 5.73 Å². The van der Waals surface area contributed by atoms with Gasteiger partial charge in [0.1, 0.15) is 23.1 Å². The van der Waals surface area contributed by atoms with Gasteiger partial charge in [-0.15, -0.1) is 11.3 Å². The van der Waals surface area contributed by atoms with Gasteiger partial charge >= 0.3 is 0 Å². The topological polar surface area (TPSA) is 63.9 Å². The fraction of sp³-hybridized carbons (Fsp3) is 0.0588. The highest BCUT2D eigenvalue weighted by molar-refractivity contribution is 7.13. The standard InChI is InChI=1S/C17H12FN3S/c1-10-15(14-3-2-8-22-14)13(9-19)17(20)21-16(10)11-4-6-12(18)7-5-11/h2-8H,1H3,(H2,20,21)/p+1. The number of nitrogens with one attached hydrogen (secondary N) is 1. The molecule has 2 aromatic heterocycles. The SMILES string of the molecule is Cc1c(-c2ccc(F)cc2)[nH+]c(N)c(C#N)c1-c1cccs1. The number of pyridine rings is 1. The average molecular weight is 310 g/mol. The molecule has 22 heavy (non-hydrogen) atoms. The van der Waals surface area contributed by atoms with Gasteiger partial charge in [0, 0.05) is 21.6 Å². The molecule has 0 saturated heterocycles. The molecule has 3 rings (SSSR count). The maximum atomic E-state index is 13.1. The highest BCUT2D eigenvalue weighted by Crippen LogP contribution is 2.35. The molecule has 0 saturated carbocycles. The zero-order chi connectivity index (χ0) is 15.7. The number of nitrogen functional groups attached to an aromatic ring is 1. The van der Waals surface area contributed by atoms with Gasteiger partial charge in [0.15, 0.2) is 0 Å². The van der Waals surface area contributed by atoms with Crippen LogP contribution in [0.15, 0.2) is 41.8 Å². The number of aromatic nitrogens is 1. The van der Waals surface area contributed by atoms with Crippen LogP contribution in [-0.4, -0.2) is 0 Å². The summed E-state index contributed by atoms with van der Waals surface area (Å²) >= 11 is 1.55. The Morgan fingerprint density at radius 1 is 1.23 bits per heavy atom. The van der Waals surface area contributed by atoms with Crippen LogP contribution in [0.4, 0.5) is 10.2 Å². The molecular weight excluding hydrogens is 297 g/mol. The van der Waals surface area contributed by atoms with Crippen LogP contribution in [0.3, 0.4) is 0 Å². The molecule has 3 aromatic rings. The van der Waals surface area contributed by atoms with Crippen molar-refractivity contribution in [3.05, 3.63) is 58.7 Å². The minimum absolute atomic E-state index is 0.290. The Morgan fingerprint density at radius 2 is 1.95 bits per heavy atom. The van der Waals surface area contributed by atoms with Crippen molar-refractivity contribution in [3.8, 4) is 27.8 Å². The Hall–Kier alpha value is -2.71. The van der Waals surface area contributed by atoms with E-state index in [1.165, 1.54) is 12.1 Å². The maximum Gasteiger partial charge on any atom is 0.289 e. The maximum absolute atomic E-state index is 13.1. The number of H-pyrrole nitrogens is 1. The lowest BCUT2D eigenvalue weighted by molar-refractivity contribution is -0.347. The smallest absolute Gasteiger partial charge is 0.286 e. The van der Waals surface area contributed by atoms with Crippen molar-refractivity contribution < 1.29 is 9.37 Å². The molecule has 0 spiro atoms. The lowest BCUT2D eigenvalue weighted by Crippen LogP contribution is -2.18. The fourth-order valence-corrected chi connectivity index (χ4v) is 3.32. The number of nitrogens with two attached hydrogens (primary N) is 1. The van der Waals surface area contributed by atoms with Crippen LogP contribution in [0, 0.1) is 24.1 Å². The molecule has 1 aromatic carbocycles. The van der Waals surface area contributed by atoms with E-state index in [0.29, 0.717) is 11.4 Å². The molecular formula is C17H13FN3S+. The predicted octanol–water partition coefficient (Wildman–Crippen LogP) is 3.80. The van der Waals surface area contributed by atoms with E-state index in [1.807, 2.05) is 24.4 Å². The summed E-state index contributed by atoms with van der Waals surface area (Å²) < 4.78 is 13.1. The third kappa shape index (κ3) is 2.34. The number of thiophene rings is 1. The van der Waals surface area contributed by atoms with Gasteiger partial charge in [0.05, 0.1) is 0 Å². The third-order valence-corrected chi connectivity index (χ3v) is 4.43. The van der Waals surface area contributed by atoms with Crippen LogP contribution in [0.2, 0.25) is 0 Å². The summed E-state index contributed by atoms with van der Waals surface area (Å²) in [5.41, 5.74) is 9.83. The molecule has 0 aliphatic heterocycles. The molecule has 0 unspecified atom stereocenters. The van der Waals surface area contributed by atoms with Gasteiger partial charge in [-0.05, 0) is 42.6 Å². The minimum Gasteiger partial charge on any atom is -0.286 e. The summed E-state index contributed by atoms with van der Waals surface area (Å²) in [4.78, 5) is 4.06. The van der Waals surface area contributed by atoms with Crippen molar-refractivity contribution in [1.29, 1.82) is 5.26 Å². The quantitative estimate of drug-likeness (QED) is 0.782. The lowest BCUT2D eigenvalue weighted by Gasteiger charge is -2.10. The molecule has 108 valence electrons. The first-order valence-electron chi connectivity index (χ1n) is 6.67. The normalized spacial score (nSPS) is 10.4. The van der Waals surface area contributed by atoms with E-state index in [2.05, 4.69) is 11.1 Å². The van der Waals surface area contributed by atoms with E-state index in [-0.39, 0.29) is 5.82 Å². The van der Waals surface area contributed by atoms with Gasteiger partial charge in [0.25, 0.3) is 5.82 Å². The van der Waals surface area contributed by atoms with E-state index in [9.17, 15) is 9.65 Å². The summed E-state index contributed by atoms with van der Waals surface area (Å²) in [6.45, 7) is 1.94. The number of aromatic amines is 1. The van der Waals surface area contributed by atoms with Crippen molar-refractivity contribution in [2.45, 2.75) is 6.92 Å². The van der Waals surface area contributed by atoms with Gasteiger partial charge in [-0.1, -0.05) is 6.07 Å². The first kappa shape index (κ1) is 14.2. The molecule has 3 N–H and O–H groups in total. The summed E-state index contributed by atoms with van der Waals surface area (Å²) in [6.07, 6.45) is 0. The Labute approximate surface area is 131 Å². The average Bonchev–Trinajstić information content (AvgIpc) is 3.03. The largest absolute Gasteiger partial charge is 0.289 e. The highest BCUT2D eigenvalue weighted by Gasteiger charge is 2.22. The molecule has 5 heteroatoms. The van der Waals surface area contributed by atoms with Crippen molar-refractivity contribution >= 4 is 17.2 Å². The van der Waals surface area contributed by atoms with Crippen molar-refractivity contribution in [3.63, 3.8) is 0 Å². The zero-order valence-electron chi connectivity index (χ0n) is 11.9. The van der Waals surface area contributed by atoms with Gasteiger partial charge in [-0.3, -0.25) is 5.73 Å². The van der Waals surface area contributed by atoms with Gasteiger partial charge < -0.3 is 0 Å². The number of nitriles is 1. The molecule has 0 fully saturated rings. The van der Waals surface area contributed by atoms with E-state index < -0.39 is 0 Å². The molecule has 2 heterocycles. The molecule has 0 aliphatic rings. The predicted molar refractivity (Wildman–Crippen MR) is 85.6 cm³/mol. The van der Waals surface area contributed by atoms with Crippen LogP contribution in [0.5, 0.6) is 0 Å². The third-order valence-electron chi connectivity index (χ3n) is 3.54. The van der Waals surface area contributed by atoms with E-state index >= 15 is 0 Å². The number of hydrogen-bond acceptors (Lipinski definition) is 3. The Bertz CT molecular complexity index is 862. The lowest BCUT2D eigenvalue weighted by atomic mass is 9.97. The van der Waals surface area contributed by atoms with E-state index in [1.54, 1.807) is 23.5 Å². The van der Waals surface area contributed by atoms with E-state index in [0.717, 1.165) is 27.3 Å². The molecule has 0 atom stereocenters. The Balaban J connectivity index is 2.30. The van der Waals surface area contributed by atoms with Gasteiger partial charge in [-0.25, -0.2) is 9.37 Å². The first-order chi connectivity index (χ1) is 10.6. The minimum atomic E-state index is -0.290. The zero-order valence-corrected chi connectivity index (χ0v) is 12.7. The van der Waals surface area contributed by atoms with Gasteiger partial charge in [0.2, 0.25) is 0 Å². The molecule has 3 nitrogen and oxygen atoms in total. The molecule has 0 radical (unpaired) electrons. The van der Waals surface area contributed by atoms with Gasteiger partial charge in [-0.2, -0.15) is 5.26 Å². The molecule has 0 amide bonds. The summed E-state index contributed by atoms with van der Waals surface area (Å²) in [6, 6.07) is 12.3. The monoisotopic (exact) mass is 310 g/mol. The molecule has 0 bridgehead atoms. The second-order valence-corrected chi connectivity index (χ2v) is 5.83. The number of benzene rings is 1. The van der Waals surface area contributed by atoms with Crippen LogP contribution in [0.1, 0.15) is 11.1 Å². The fourth-order valence-electron chi connectivity index (χ4n) is 2.49. The number of hydrogen-bond donors (Lipinski definition) is 1.